The number of sulfonamides is 1. The van der Waals surface area contributed by atoms with E-state index in [9.17, 15) is 8.42 Å². The fraction of sp³-hybridized carbons (Fsp3) is 0.200. The van der Waals surface area contributed by atoms with Gasteiger partial charge in [-0.25, -0.2) is 8.42 Å². The van der Waals surface area contributed by atoms with Gasteiger partial charge in [0, 0.05) is 5.69 Å². The largest absolute Gasteiger partial charge is 0.399 e. The standard InChI is InChI=1S/C15H18N2O2S/c1-12-3-9-15(10-4-12)17(20(2,18)19)11-13-5-7-14(16)8-6-13/h3-10H,11,16H2,1-2H3. The third-order valence-electron chi connectivity index (χ3n) is 3.03. The monoisotopic (exact) mass is 290 g/mol. The Hall–Kier alpha value is -2.01. The number of aryl methyl sites for hydroxylation is 1. The van der Waals surface area contributed by atoms with Crippen LogP contribution >= 0.6 is 0 Å². The zero-order chi connectivity index (χ0) is 14.8. The second-order valence-corrected chi connectivity index (χ2v) is 6.75. The first-order chi connectivity index (χ1) is 9.36. The van der Waals surface area contributed by atoms with Crippen molar-refractivity contribution < 1.29 is 8.42 Å². The molecule has 0 unspecified atom stereocenters. The van der Waals surface area contributed by atoms with E-state index in [2.05, 4.69) is 0 Å². The molecule has 0 aliphatic heterocycles. The average Bonchev–Trinajstić information content (AvgIpc) is 2.38. The van der Waals surface area contributed by atoms with Crippen molar-refractivity contribution >= 4 is 21.4 Å². The summed E-state index contributed by atoms with van der Waals surface area (Å²) in [4.78, 5) is 0. The maximum absolute atomic E-state index is 12.0. The van der Waals surface area contributed by atoms with Gasteiger partial charge in [0.2, 0.25) is 10.0 Å². The predicted molar refractivity (Wildman–Crippen MR) is 83.1 cm³/mol. The first kappa shape index (κ1) is 14.4. The molecule has 0 aromatic heterocycles. The summed E-state index contributed by atoms with van der Waals surface area (Å²) in [6.45, 7) is 2.26. The van der Waals surface area contributed by atoms with Crippen molar-refractivity contribution in [2.75, 3.05) is 16.3 Å². The van der Waals surface area contributed by atoms with Crippen LogP contribution in [0.3, 0.4) is 0 Å². The number of rotatable bonds is 4. The van der Waals surface area contributed by atoms with E-state index in [-0.39, 0.29) is 0 Å². The molecule has 0 radical (unpaired) electrons. The van der Waals surface area contributed by atoms with E-state index >= 15 is 0 Å². The van der Waals surface area contributed by atoms with Crippen LogP contribution in [0, 0.1) is 6.92 Å². The van der Waals surface area contributed by atoms with Gasteiger partial charge in [0.05, 0.1) is 18.5 Å². The molecule has 0 heterocycles. The van der Waals surface area contributed by atoms with Gasteiger partial charge in [-0.2, -0.15) is 0 Å². The lowest BCUT2D eigenvalue weighted by Crippen LogP contribution is -2.29. The molecule has 20 heavy (non-hydrogen) atoms. The molecule has 2 aromatic rings. The molecule has 0 fully saturated rings. The summed E-state index contributed by atoms with van der Waals surface area (Å²) < 4.78 is 25.4. The third kappa shape index (κ3) is 3.51. The first-order valence-electron chi connectivity index (χ1n) is 6.25. The molecule has 0 atom stereocenters. The topological polar surface area (TPSA) is 63.4 Å². The number of benzene rings is 2. The van der Waals surface area contributed by atoms with Gasteiger partial charge >= 0.3 is 0 Å². The molecule has 0 bridgehead atoms. The zero-order valence-corrected chi connectivity index (χ0v) is 12.4. The van der Waals surface area contributed by atoms with Crippen LogP contribution in [-0.2, 0) is 16.6 Å². The highest BCUT2D eigenvalue weighted by Gasteiger charge is 2.17. The summed E-state index contributed by atoms with van der Waals surface area (Å²) in [7, 11) is -3.34. The van der Waals surface area contributed by atoms with E-state index in [1.54, 1.807) is 12.1 Å². The van der Waals surface area contributed by atoms with E-state index in [1.165, 1.54) is 10.6 Å². The summed E-state index contributed by atoms with van der Waals surface area (Å²) in [5, 5.41) is 0. The molecule has 2 N–H and O–H groups in total. The molecule has 106 valence electrons. The van der Waals surface area contributed by atoms with Crippen molar-refractivity contribution in [3.63, 3.8) is 0 Å². The van der Waals surface area contributed by atoms with Crippen LogP contribution in [0.2, 0.25) is 0 Å². The minimum Gasteiger partial charge on any atom is -0.399 e. The highest BCUT2D eigenvalue weighted by Crippen LogP contribution is 2.21. The van der Waals surface area contributed by atoms with E-state index in [1.807, 2.05) is 43.3 Å². The van der Waals surface area contributed by atoms with Crippen molar-refractivity contribution in [3.05, 3.63) is 59.7 Å². The molecule has 2 aromatic carbocycles. The van der Waals surface area contributed by atoms with Crippen LogP contribution in [0.15, 0.2) is 48.5 Å². The number of anilines is 2. The molecular formula is C15H18N2O2S. The summed E-state index contributed by atoms with van der Waals surface area (Å²) in [6, 6.07) is 14.6. The summed E-state index contributed by atoms with van der Waals surface area (Å²) >= 11 is 0. The van der Waals surface area contributed by atoms with Crippen molar-refractivity contribution in [1.29, 1.82) is 0 Å². The summed E-state index contributed by atoms with van der Waals surface area (Å²) in [6.07, 6.45) is 1.21. The lowest BCUT2D eigenvalue weighted by atomic mass is 10.2. The van der Waals surface area contributed by atoms with Crippen LogP contribution in [0.5, 0.6) is 0 Å². The van der Waals surface area contributed by atoms with Gasteiger partial charge < -0.3 is 5.73 Å². The van der Waals surface area contributed by atoms with E-state index in [4.69, 9.17) is 5.73 Å². The van der Waals surface area contributed by atoms with Gasteiger partial charge in [-0.3, -0.25) is 4.31 Å². The molecule has 0 amide bonds. The van der Waals surface area contributed by atoms with Gasteiger partial charge in [-0.05, 0) is 36.8 Å². The van der Waals surface area contributed by atoms with Gasteiger partial charge in [0.1, 0.15) is 0 Å². The van der Waals surface area contributed by atoms with Gasteiger partial charge in [0.15, 0.2) is 0 Å². The maximum Gasteiger partial charge on any atom is 0.232 e. The fourth-order valence-electron chi connectivity index (χ4n) is 1.90. The average molecular weight is 290 g/mol. The minimum atomic E-state index is -3.34. The Kier molecular flexibility index (Phi) is 3.99. The molecule has 2 rings (SSSR count). The Morgan fingerprint density at radius 3 is 2.05 bits per heavy atom. The molecule has 0 spiro atoms. The summed E-state index contributed by atoms with van der Waals surface area (Å²) in [5.41, 5.74) is 8.95. The Labute approximate surface area is 119 Å². The lowest BCUT2D eigenvalue weighted by Gasteiger charge is -2.22. The molecule has 0 saturated heterocycles. The van der Waals surface area contributed by atoms with E-state index in [0.717, 1.165) is 11.1 Å². The predicted octanol–water partition coefficient (Wildman–Crippen LogP) is 2.54. The third-order valence-corrected chi connectivity index (χ3v) is 4.17. The molecule has 4 nitrogen and oxygen atoms in total. The van der Waals surface area contributed by atoms with Crippen LogP contribution in [0.4, 0.5) is 11.4 Å². The normalized spacial score (nSPS) is 11.3. The number of hydrogen-bond acceptors (Lipinski definition) is 3. The van der Waals surface area contributed by atoms with Crippen molar-refractivity contribution in [1.82, 2.24) is 0 Å². The van der Waals surface area contributed by atoms with Gasteiger partial charge in [-0.15, -0.1) is 0 Å². The Bertz CT molecular complexity index is 677. The highest BCUT2D eigenvalue weighted by molar-refractivity contribution is 7.92. The second-order valence-electron chi connectivity index (χ2n) is 4.85. The lowest BCUT2D eigenvalue weighted by molar-refractivity contribution is 0.596. The quantitative estimate of drug-likeness (QED) is 0.880. The first-order valence-corrected chi connectivity index (χ1v) is 8.10. The Balaban J connectivity index is 2.34. The van der Waals surface area contributed by atoms with Crippen LogP contribution in [0.25, 0.3) is 0 Å². The van der Waals surface area contributed by atoms with Crippen molar-refractivity contribution in [2.24, 2.45) is 0 Å². The Morgan fingerprint density at radius 2 is 1.55 bits per heavy atom. The zero-order valence-electron chi connectivity index (χ0n) is 11.6. The van der Waals surface area contributed by atoms with Gasteiger partial charge in [0.25, 0.3) is 0 Å². The molecule has 0 aliphatic carbocycles. The van der Waals surface area contributed by atoms with Crippen LogP contribution < -0.4 is 10.0 Å². The maximum atomic E-state index is 12.0. The molecular weight excluding hydrogens is 272 g/mol. The fourth-order valence-corrected chi connectivity index (χ4v) is 2.79. The van der Waals surface area contributed by atoms with Crippen molar-refractivity contribution in [3.8, 4) is 0 Å². The molecule has 5 heteroatoms. The smallest absolute Gasteiger partial charge is 0.232 e. The number of hydrogen-bond donors (Lipinski definition) is 1. The number of nitrogen functional groups attached to an aromatic ring is 1. The van der Waals surface area contributed by atoms with Crippen LogP contribution in [-0.4, -0.2) is 14.7 Å². The van der Waals surface area contributed by atoms with E-state index < -0.39 is 10.0 Å². The van der Waals surface area contributed by atoms with Gasteiger partial charge in [-0.1, -0.05) is 29.8 Å². The summed E-state index contributed by atoms with van der Waals surface area (Å²) in [5.74, 6) is 0. The SMILES string of the molecule is Cc1ccc(N(Cc2ccc(N)cc2)S(C)(=O)=O)cc1. The number of nitrogens with two attached hydrogens (primary N) is 1. The van der Waals surface area contributed by atoms with Crippen LogP contribution in [0.1, 0.15) is 11.1 Å². The second kappa shape index (κ2) is 5.54. The van der Waals surface area contributed by atoms with E-state index in [0.29, 0.717) is 17.9 Å². The Morgan fingerprint density at radius 1 is 1.00 bits per heavy atom. The molecule has 0 saturated carbocycles. The highest BCUT2D eigenvalue weighted by atomic mass is 32.2. The molecule has 0 aliphatic rings. The number of nitrogens with zero attached hydrogens (tertiary/aromatic N) is 1. The van der Waals surface area contributed by atoms with Crippen molar-refractivity contribution in [2.45, 2.75) is 13.5 Å². The minimum absolute atomic E-state index is 0.294.